The highest BCUT2D eigenvalue weighted by atomic mass is 16.2. The molecule has 0 aromatic rings. The number of imide groups is 1. The highest BCUT2D eigenvalue weighted by Crippen LogP contribution is 2.31. The number of amides is 4. The molecule has 3 fully saturated rings. The molecule has 1 heterocycles. The van der Waals surface area contributed by atoms with Crippen molar-refractivity contribution in [1.29, 1.82) is 0 Å². The predicted octanol–water partition coefficient (Wildman–Crippen LogP) is 1.06. The molecule has 1 aliphatic heterocycles. The van der Waals surface area contributed by atoms with E-state index in [1.165, 1.54) is 0 Å². The maximum Gasteiger partial charge on any atom is 0.327 e. The number of carbonyl (C=O) groups excluding carboxylic acids is 3. The van der Waals surface area contributed by atoms with E-state index in [1.807, 2.05) is 4.90 Å². The van der Waals surface area contributed by atoms with Crippen LogP contribution in [0.15, 0.2) is 0 Å². The van der Waals surface area contributed by atoms with Crippen molar-refractivity contribution in [3.05, 3.63) is 0 Å². The van der Waals surface area contributed by atoms with Crippen LogP contribution in [0, 0.1) is 5.92 Å². The van der Waals surface area contributed by atoms with Crippen LogP contribution in [-0.2, 0) is 9.59 Å². The Kier molecular flexibility index (Phi) is 3.63. The Morgan fingerprint density at radius 2 is 1.90 bits per heavy atom. The van der Waals surface area contributed by atoms with Crippen molar-refractivity contribution < 1.29 is 14.4 Å². The normalized spacial score (nSPS) is 22.4. The molecule has 3 rings (SSSR count). The molecule has 116 valence electrons. The maximum absolute atomic E-state index is 12.5. The number of rotatable bonds is 6. The molecule has 0 atom stereocenters. The minimum absolute atomic E-state index is 0.0921. The average molecular weight is 293 g/mol. The first kappa shape index (κ1) is 14.4. The number of urea groups is 1. The number of hydrogen-bond donors (Lipinski definition) is 0. The summed E-state index contributed by atoms with van der Waals surface area (Å²) in [5.41, 5.74) is 0. The zero-order valence-electron chi connectivity index (χ0n) is 12.7. The Balaban J connectivity index is 1.63. The van der Waals surface area contributed by atoms with Crippen LogP contribution in [0.2, 0.25) is 0 Å². The fourth-order valence-electron chi connectivity index (χ4n) is 2.85. The topological polar surface area (TPSA) is 60.9 Å². The molecular weight excluding hydrogens is 270 g/mol. The van der Waals surface area contributed by atoms with Crippen molar-refractivity contribution in [2.45, 2.75) is 51.6 Å². The van der Waals surface area contributed by atoms with Gasteiger partial charge in [-0.25, -0.2) is 4.79 Å². The molecule has 0 N–H and O–H groups in total. The molecule has 0 bridgehead atoms. The van der Waals surface area contributed by atoms with E-state index in [2.05, 4.69) is 13.8 Å². The van der Waals surface area contributed by atoms with E-state index in [4.69, 9.17) is 0 Å². The summed E-state index contributed by atoms with van der Waals surface area (Å²) in [6, 6.07) is 0.250. The minimum atomic E-state index is -0.281. The van der Waals surface area contributed by atoms with E-state index in [0.717, 1.165) is 30.6 Å². The second-order valence-corrected chi connectivity index (χ2v) is 6.79. The molecule has 0 unspecified atom stereocenters. The summed E-state index contributed by atoms with van der Waals surface area (Å²) in [5.74, 6) is 0.0635. The summed E-state index contributed by atoms with van der Waals surface area (Å²) >= 11 is 0. The molecule has 3 aliphatic rings. The smallest absolute Gasteiger partial charge is 0.327 e. The highest BCUT2D eigenvalue weighted by molar-refractivity contribution is 6.04. The lowest BCUT2D eigenvalue weighted by Crippen LogP contribution is -2.45. The van der Waals surface area contributed by atoms with Crippen LogP contribution >= 0.6 is 0 Å². The first-order valence-corrected chi connectivity index (χ1v) is 7.87. The third-order valence-corrected chi connectivity index (χ3v) is 4.23. The van der Waals surface area contributed by atoms with Crippen LogP contribution < -0.4 is 0 Å². The number of carbonyl (C=O) groups is 3. The van der Waals surface area contributed by atoms with Gasteiger partial charge in [-0.1, -0.05) is 13.8 Å². The van der Waals surface area contributed by atoms with Gasteiger partial charge < -0.3 is 9.80 Å². The first-order chi connectivity index (χ1) is 9.97. The van der Waals surface area contributed by atoms with Gasteiger partial charge in [-0.05, 0) is 31.6 Å². The molecule has 4 amide bonds. The van der Waals surface area contributed by atoms with E-state index in [1.54, 1.807) is 4.90 Å². The third kappa shape index (κ3) is 3.04. The Bertz CT molecular complexity index is 469. The van der Waals surface area contributed by atoms with Gasteiger partial charge in [-0.3, -0.25) is 14.5 Å². The van der Waals surface area contributed by atoms with Crippen LogP contribution in [-0.4, -0.2) is 64.3 Å². The number of nitrogens with zero attached hydrogens (tertiary/aromatic N) is 3. The molecule has 6 heteroatoms. The lowest BCUT2D eigenvalue weighted by Gasteiger charge is -2.26. The molecule has 1 saturated heterocycles. The fraction of sp³-hybridized carbons (Fsp3) is 0.800. The molecule has 2 aliphatic carbocycles. The first-order valence-electron chi connectivity index (χ1n) is 7.87. The summed E-state index contributed by atoms with van der Waals surface area (Å²) < 4.78 is 0. The van der Waals surface area contributed by atoms with E-state index in [-0.39, 0.29) is 37.0 Å². The van der Waals surface area contributed by atoms with Gasteiger partial charge in [0.2, 0.25) is 5.91 Å². The standard InChI is InChI=1S/C15H23N3O3/c1-10(2)7-16(11-3-4-11)13(19)9-18-14(20)8-17(15(18)21)12-5-6-12/h10-12H,3-9H2,1-2H3. The van der Waals surface area contributed by atoms with Crippen molar-refractivity contribution in [1.82, 2.24) is 14.7 Å². The fourth-order valence-corrected chi connectivity index (χ4v) is 2.85. The van der Waals surface area contributed by atoms with Crippen LogP contribution in [0.25, 0.3) is 0 Å². The Morgan fingerprint density at radius 3 is 2.43 bits per heavy atom. The van der Waals surface area contributed by atoms with Gasteiger partial charge in [0.25, 0.3) is 5.91 Å². The maximum atomic E-state index is 12.5. The molecule has 0 aromatic heterocycles. The van der Waals surface area contributed by atoms with Gasteiger partial charge in [-0.15, -0.1) is 0 Å². The quantitative estimate of drug-likeness (QED) is 0.688. The van der Waals surface area contributed by atoms with Gasteiger partial charge in [0.15, 0.2) is 0 Å². The second-order valence-electron chi connectivity index (χ2n) is 6.79. The van der Waals surface area contributed by atoms with E-state index < -0.39 is 0 Å². The molecular formula is C15H23N3O3. The van der Waals surface area contributed by atoms with Crippen molar-refractivity contribution in [3.63, 3.8) is 0 Å². The zero-order chi connectivity index (χ0) is 15.1. The summed E-state index contributed by atoms with van der Waals surface area (Å²) in [6.45, 7) is 4.90. The monoisotopic (exact) mass is 293 g/mol. The van der Waals surface area contributed by atoms with Crippen molar-refractivity contribution in [3.8, 4) is 0 Å². The highest BCUT2D eigenvalue weighted by Gasteiger charge is 2.45. The van der Waals surface area contributed by atoms with Gasteiger partial charge in [-0.2, -0.15) is 0 Å². The van der Waals surface area contributed by atoms with Crippen LogP contribution in [0.1, 0.15) is 39.5 Å². The molecule has 2 saturated carbocycles. The Hall–Kier alpha value is -1.59. The summed E-state index contributed by atoms with van der Waals surface area (Å²) in [6.07, 6.45) is 4.02. The molecule has 0 aromatic carbocycles. The SMILES string of the molecule is CC(C)CN(C(=O)CN1C(=O)CN(C2CC2)C1=O)C1CC1. The van der Waals surface area contributed by atoms with Gasteiger partial charge >= 0.3 is 6.03 Å². The predicted molar refractivity (Wildman–Crippen MR) is 76.4 cm³/mol. The van der Waals surface area contributed by atoms with Crippen molar-refractivity contribution in [2.75, 3.05) is 19.6 Å². The van der Waals surface area contributed by atoms with Crippen LogP contribution in [0.4, 0.5) is 4.79 Å². The largest absolute Gasteiger partial charge is 0.338 e. The van der Waals surface area contributed by atoms with Crippen molar-refractivity contribution in [2.24, 2.45) is 5.92 Å². The molecule has 0 spiro atoms. The number of hydrogen-bond acceptors (Lipinski definition) is 3. The summed E-state index contributed by atoms with van der Waals surface area (Å²) in [5, 5.41) is 0. The van der Waals surface area contributed by atoms with E-state index in [9.17, 15) is 14.4 Å². The average Bonchev–Trinajstić information content (AvgIpc) is 3.30. The summed E-state index contributed by atoms with van der Waals surface area (Å²) in [7, 11) is 0. The lowest BCUT2D eigenvalue weighted by atomic mass is 10.2. The minimum Gasteiger partial charge on any atom is -0.338 e. The van der Waals surface area contributed by atoms with Gasteiger partial charge in [0.1, 0.15) is 13.1 Å². The summed E-state index contributed by atoms with van der Waals surface area (Å²) in [4.78, 5) is 41.3. The molecule has 6 nitrogen and oxygen atoms in total. The van der Waals surface area contributed by atoms with Crippen LogP contribution in [0.5, 0.6) is 0 Å². The lowest BCUT2D eigenvalue weighted by molar-refractivity contribution is -0.137. The van der Waals surface area contributed by atoms with E-state index >= 15 is 0 Å². The Morgan fingerprint density at radius 1 is 1.24 bits per heavy atom. The molecule has 0 radical (unpaired) electrons. The van der Waals surface area contributed by atoms with Crippen molar-refractivity contribution >= 4 is 17.8 Å². The van der Waals surface area contributed by atoms with Gasteiger partial charge in [0, 0.05) is 18.6 Å². The van der Waals surface area contributed by atoms with E-state index in [0.29, 0.717) is 18.5 Å². The van der Waals surface area contributed by atoms with Gasteiger partial charge in [0.05, 0.1) is 0 Å². The molecule has 21 heavy (non-hydrogen) atoms. The van der Waals surface area contributed by atoms with Crippen LogP contribution in [0.3, 0.4) is 0 Å². The Labute approximate surface area is 125 Å². The second kappa shape index (κ2) is 5.31. The zero-order valence-corrected chi connectivity index (χ0v) is 12.7. The third-order valence-electron chi connectivity index (χ3n) is 4.23.